The Bertz CT molecular complexity index is 738. The molecule has 0 aliphatic heterocycles. The lowest BCUT2D eigenvalue weighted by atomic mass is 10.1. The van der Waals surface area contributed by atoms with Gasteiger partial charge in [-0.25, -0.2) is 4.39 Å². The number of benzene rings is 1. The second-order valence-corrected chi connectivity index (χ2v) is 4.17. The standard InChI is InChI=1S/C16H14FNO2/c1-3-4-10-20-12-8-9-13(14(17)11-12)15-6-5-7-16(19)18(15)2/h5-9,11H,10H2,1-2H3. The highest BCUT2D eigenvalue weighted by Gasteiger charge is 2.09. The number of nitrogens with zero attached hydrogens (tertiary/aromatic N) is 1. The topological polar surface area (TPSA) is 31.2 Å². The molecule has 0 bridgehead atoms. The Morgan fingerprint density at radius 2 is 2.10 bits per heavy atom. The van der Waals surface area contributed by atoms with E-state index in [9.17, 15) is 9.18 Å². The van der Waals surface area contributed by atoms with E-state index in [1.54, 1.807) is 38.2 Å². The van der Waals surface area contributed by atoms with Gasteiger partial charge in [-0.1, -0.05) is 12.0 Å². The zero-order valence-electron chi connectivity index (χ0n) is 11.3. The van der Waals surface area contributed by atoms with E-state index in [1.165, 1.54) is 16.7 Å². The number of hydrogen-bond acceptors (Lipinski definition) is 2. The molecule has 0 fully saturated rings. The van der Waals surface area contributed by atoms with Gasteiger partial charge >= 0.3 is 0 Å². The molecule has 1 aromatic heterocycles. The summed E-state index contributed by atoms with van der Waals surface area (Å²) in [5, 5.41) is 0. The first-order valence-electron chi connectivity index (χ1n) is 6.12. The van der Waals surface area contributed by atoms with Crippen LogP contribution < -0.4 is 10.3 Å². The molecule has 3 nitrogen and oxygen atoms in total. The van der Waals surface area contributed by atoms with Crippen LogP contribution in [0.15, 0.2) is 41.2 Å². The number of aromatic nitrogens is 1. The van der Waals surface area contributed by atoms with Crippen LogP contribution in [0.3, 0.4) is 0 Å². The van der Waals surface area contributed by atoms with E-state index in [0.717, 1.165) is 0 Å². The molecule has 0 aliphatic rings. The molecule has 0 amide bonds. The molecule has 20 heavy (non-hydrogen) atoms. The average molecular weight is 271 g/mol. The van der Waals surface area contributed by atoms with Crippen molar-refractivity contribution in [2.24, 2.45) is 7.05 Å². The van der Waals surface area contributed by atoms with Crippen molar-refractivity contribution in [3.63, 3.8) is 0 Å². The van der Waals surface area contributed by atoms with E-state index < -0.39 is 5.82 Å². The maximum Gasteiger partial charge on any atom is 0.250 e. The number of rotatable bonds is 3. The summed E-state index contributed by atoms with van der Waals surface area (Å²) in [4.78, 5) is 11.6. The van der Waals surface area contributed by atoms with Crippen molar-refractivity contribution in [2.45, 2.75) is 6.92 Å². The molecule has 0 saturated heterocycles. The van der Waals surface area contributed by atoms with Crippen molar-refractivity contribution in [3.05, 3.63) is 52.6 Å². The number of pyridine rings is 1. The van der Waals surface area contributed by atoms with Gasteiger partial charge < -0.3 is 9.30 Å². The Morgan fingerprint density at radius 1 is 1.30 bits per heavy atom. The normalized spacial score (nSPS) is 9.75. The summed E-state index contributed by atoms with van der Waals surface area (Å²) >= 11 is 0. The second-order valence-electron chi connectivity index (χ2n) is 4.17. The van der Waals surface area contributed by atoms with Crippen LogP contribution >= 0.6 is 0 Å². The molecule has 2 aromatic rings. The Kier molecular flexibility index (Phi) is 4.21. The molecule has 2 rings (SSSR count). The third kappa shape index (κ3) is 2.89. The molecule has 102 valence electrons. The Morgan fingerprint density at radius 3 is 2.80 bits per heavy atom. The fraction of sp³-hybridized carbons (Fsp3) is 0.188. The van der Waals surface area contributed by atoms with Crippen LogP contribution in [0.2, 0.25) is 0 Å². The third-order valence-corrected chi connectivity index (χ3v) is 2.89. The number of ether oxygens (including phenoxy) is 1. The molecule has 0 radical (unpaired) electrons. The maximum absolute atomic E-state index is 14.1. The lowest BCUT2D eigenvalue weighted by Crippen LogP contribution is -2.16. The van der Waals surface area contributed by atoms with Crippen LogP contribution in [0.25, 0.3) is 11.3 Å². The predicted octanol–water partition coefficient (Wildman–Crippen LogP) is 2.59. The molecule has 0 saturated carbocycles. The first-order chi connectivity index (χ1) is 9.63. The summed E-state index contributed by atoms with van der Waals surface area (Å²) in [6, 6.07) is 9.29. The largest absolute Gasteiger partial charge is 0.481 e. The van der Waals surface area contributed by atoms with E-state index in [-0.39, 0.29) is 12.2 Å². The van der Waals surface area contributed by atoms with Gasteiger partial charge in [0.2, 0.25) is 0 Å². The van der Waals surface area contributed by atoms with Crippen LogP contribution in [-0.2, 0) is 7.05 Å². The van der Waals surface area contributed by atoms with Crippen molar-refractivity contribution in [1.82, 2.24) is 4.57 Å². The lowest BCUT2D eigenvalue weighted by Gasteiger charge is -2.10. The summed E-state index contributed by atoms with van der Waals surface area (Å²) in [5.74, 6) is 5.41. The van der Waals surface area contributed by atoms with Crippen molar-refractivity contribution in [2.75, 3.05) is 6.61 Å². The number of halogens is 1. The quantitative estimate of drug-likeness (QED) is 0.803. The Balaban J connectivity index is 2.36. The van der Waals surface area contributed by atoms with E-state index in [1.807, 2.05) is 0 Å². The summed E-state index contributed by atoms with van der Waals surface area (Å²) in [5.41, 5.74) is 0.703. The van der Waals surface area contributed by atoms with Crippen LogP contribution in [0.1, 0.15) is 6.92 Å². The lowest BCUT2D eigenvalue weighted by molar-refractivity contribution is 0.368. The van der Waals surface area contributed by atoms with Gasteiger partial charge in [-0.05, 0) is 25.1 Å². The summed E-state index contributed by atoms with van der Waals surface area (Å²) in [7, 11) is 1.61. The molecule has 0 spiro atoms. The van der Waals surface area contributed by atoms with Crippen LogP contribution in [0.4, 0.5) is 4.39 Å². The van der Waals surface area contributed by atoms with Crippen molar-refractivity contribution >= 4 is 0 Å². The smallest absolute Gasteiger partial charge is 0.250 e. The third-order valence-electron chi connectivity index (χ3n) is 2.89. The van der Waals surface area contributed by atoms with E-state index >= 15 is 0 Å². The van der Waals surface area contributed by atoms with Gasteiger partial charge in [0.1, 0.15) is 18.2 Å². The minimum Gasteiger partial charge on any atom is -0.481 e. The van der Waals surface area contributed by atoms with Gasteiger partial charge in [-0.3, -0.25) is 4.79 Å². The van der Waals surface area contributed by atoms with Gasteiger partial charge in [-0.2, -0.15) is 0 Å². The molecule has 1 aromatic carbocycles. The van der Waals surface area contributed by atoms with E-state index in [2.05, 4.69) is 11.8 Å². The van der Waals surface area contributed by atoms with Crippen LogP contribution in [-0.4, -0.2) is 11.2 Å². The Hall–Kier alpha value is -2.54. The molecule has 0 atom stereocenters. The van der Waals surface area contributed by atoms with Crippen molar-refractivity contribution < 1.29 is 9.13 Å². The predicted molar refractivity (Wildman–Crippen MR) is 76.0 cm³/mol. The SMILES string of the molecule is CC#CCOc1ccc(-c2cccc(=O)n2C)c(F)c1. The zero-order valence-corrected chi connectivity index (χ0v) is 11.3. The van der Waals surface area contributed by atoms with Gasteiger partial charge in [0.05, 0.1) is 5.69 Å². The molecular weight excluding hydrogens is 257 g/mol. The summed E-state index contributed by atoms with van der Waals surface area (Å²) in [6.07, 6.45) is 0. The molecule has 4 heteroatoms. The van der Waals surface area contributed by atoms with Gasteiger partial charge in [0.15, 0.2) is 0 Å². The second kappa shape index (κ2) is 6.07. The fourth-order valence-electron chi connectivity index (χ4n) is 1.82. The minimum atomic E-state index is -0.437. The molecule has 0 aliphatic carbocycles. The molecule has 1 heterocycles. The summed E-state index contributed by atoms with van der Waals surface area (Å²) < 4.78 is 20.8. The maximum atomic E-state index is 14.1. The van der Waals surface area contributed by atoms with Crippen molar-refractivity contribution in [1.29, 1.82) is 0 Å². The van der Waals surface area contributed by atoms with Gasteiger partial charge in [0, 0.05) is 24.7 Å². The molecule has 0 N–H and O–H groups in total. The minimum absolute atomic E-state index is 0.180. The molecular formula is C16H14FNO2. The highest BCUT2D eigenvalue weighted by molar-refractivity contribution is 5.61. The van der Waals surface area contributed by atoms with Crippen molar-refractivity contribution in [3.8, 4) is 28.8 Å². The number of hydrogen-bond donors (Lipinski definition) is 0. The zero-order chi connectivity index (χ0) is 14.5. The van der Waals surface area contributed by atoms with Crippen LogP contribution in [0.5, 0.6) is 5.75 Å². The highest BCUT2D eigenvalue weighted by Crippen LogP contribution is 2.25. The monoisotopic (exact) mass is 271 g/mol. The van der Waals surface area contributed by atoms with E-state index in [4.69, 9.17) is 4.74 Å². The van der Waals surface area contributed by atoms with E-state index in [0.29, 0.717) is 17.0 Å². The Labute approximate surface area is 116 Å². The average Bonchev–Trinajstić information content (AvgIpc) is 2.43. The van der Waals surface area contributed by atoms with Gasteiger partial charge in [0.25, 0.3) is 5.56 Å². The van der Waals surface area contributed by atoms with Gasteiger partial charge in [-0.15, -0.1) is 5.92 Å². The fourth-order valence-corrected chi connectivity index (χ4v) is 1.82. The van der Waals surface area contributed by atoms with Crippen LogP contribution in [0, 0.1) is 17.7 Å². The first kappa shape index (κ1) is 13.9. The first-order valence-corrected chi connectivity index (χ1v) is 6.12. The highest BCUT2D eigenvalue weighted by atomic mass is 19.1. The summed E-state index contributed by atoms with van der Waals surface area (Å²) in [6.45, 7) is 1.93. The molecule has 0 unspecified atom stereocenters.